The molecule has 0 aliphatic rings. The zero-order valence-electron chi connectivity index (χ0n) is 13.3. The topological polar surface area (TPSA) is 84.7 Å². The van der Waals surface area contributed by atoms with E-state index in [0.29, 0.717) is 17.4 Å². The van der Waals surface area contributed by atoms with E-state index in [0.717, 1.165) is 23.2 Å². The number of nitrogens with zero attached hydrogens (tertiary/aromatic N) is 3. The second-order valence-corrected chi connectivity index (χ2v) is 5.94. The third kappa shape index (κ3) is 3.21. The Kier molecular flexibility index (Phi) is 4.06. The minimum atomic E-state index is -0.210. The molecule has 3 heterocycles. The quantitative estimate of drug-likeness (QED) is 0.800. The Hall–Kier alpha value is -2.76. The van der Waals surface area contributed by atoms with E-state index in [2.05, 4.69) is 34.0 Å². The highest BCUT2D eigenvalue weighted by atomic mass is 16.5. The number of hydrogen-bond acceptors (Lipinski definition) is 5. The molecule has 23 heavy (non-hydrogen) atoms. The first-order valence-electron chi connectivity index (χ1n) is 7.52. The molecule has 3 aromatic heterocycles. The summed E-state index contributed by atoms with van der Waals surface area (Å²) < 4.78 is 5.28. The van der Waals surface area contributed by atoms with Crippen LogP contribution in [0, 0.1) is 12.8 Å². The fourth-order valence-electron chi connectivity index (χ4n) is 2.38. The standard InChI is InChI=1S/C17H18N4O2/c1-10(2)8-12-4-5-13(16(22)19-12)15-20-17(23-21-15)14-9-18-7-6-11(14)3/h4-7,9-10H,8H2,1-3H3,(H,19,22). The summed E-state index contributed by atoms with van der Waals surface area (Å²) in [5.74, 6) is 1.11. The zero-order chi connectivity index (χ0) is 16.4. The van der Waals surface area contributed by atoms with Crippen LogP contribution in [-0.4, -0.2) is 20.1 Å². The van der Waals surface area contributed by atoms with Crippen molar-refractivity contribution in [1.82, 2.24) is 20.1 Å². The summed E-state index contributed by atoms with van der Waals surface area (Å²) in [6, 6.07) is 5.50. The van der Waals surface area contributed by atoms with E-state index in [1.165, 1.54) is 0 Å². The normalized spacial score (nSPS) is 11.1. The summed E-state index contributed by atoms with van der Waals surface area (Å²) in [6.45, 7) is 6.15. The molecule has 118 valence electrons. The highest BCUT2D eigenvalue weighted by molar-refractivity contribution is 5.60. The highest BCUT2D eigenvalue weighted by Crippen LogP contribution is 2.22. The van der Waals surface area contributed by atoms with E-state index in [4.69, 9.17) is 4.52 Å². The minimum Gasteiger partial charge on any atom is -0.334 e. The molecular formula is C17H18N4O2. The van der Waals surface area contributed by atoms with Gasteiger partial charge in [0.2, 0.25) is 5.82 Å². The van der Waals surface area contributed by atoms with E-state index >= 15 is 0 Å². The lowest BCUT2D eigenvalue weighted by molar-refractivity contribution is 0.432. The van der Waals surface area contributed by atoms with Crippen molar-refractivity contribution in [2.24, 2.45) is 5.92 Å². The van der Waals surface area contributed by atoms with Gasteiger partial charge in [0.25, 0.3) is 11.4 Å². The van der Waals surface area contributed by atoms with Gasteiger partial charge in [0.1, 0.15) is 0 Å². The number of aryl methyl sites for hydroxylation is 1. The summed E-state index contributed by atoms with van der Waals surface area (Å²) in [4.78, 5) is 23.5. The molecule has 0 unspecified atom stereocenters. The van der Waals surface area contributed by atoms with E-state index in [9.17, 15) is 4.79 Å². The van der Waals surface area contributed by atoms with Gasteiger partial charge in [-0.25, -0.2) is 0 Å². The Labute approximate surface area is 133 Å². The third-order valence-corrected chi connectivity index (χ3v) is 3.53. The van der Waals surface area contributed by atoms with Crippen LogP contribution in [-0.2, 0) is 6.42 Å². The van der Waals surface area contributed by atoms with Crippen molar-refractivity contribution in [3.05, 3.63) is 52.2 Å². The summed E-state index contributed by atoms with van der Waals surface area (Å²) in [5.41, 5.74) is 2.84. The van der Waals surface area contributed by atoms with Crippen molar-refractivity contribution in [2.75, 3.05) is 0 Å². The Morgan fingerprint density at radius 3 is 2.74 bits per heavy atom. The highest BCUT2D eigenvalue weighted by Gasteiger charge is 2.15. The first kappa shape index (κ1) is 15.1. The van der Waals surface area contributed by atoms with E-state index in [-0.39, 0.29) is 11.4 Å². The van der Waals surface area contributed by atoms with Gasteiger partial charge in [-0.1, -0.05) is 19.0 Å². The Bertz CT molecular complexity index is 880. The molecule has 3 rings (SSSR count). The lowest BCUT2D eigenvalue weighted by Gasteiger charge is -2.04. The molecule has 0 radical (unpaired) electrons. The molecule has 0 bridgehead atoms. The zero-order valence-corrected chi connectivity index (χ0v) is 13.3. The number of rotatable bonds is 4. The number of hydrogen-bond donors (Lipinski definition) is 1. The van der Waals surface area contributed by atoms with Gasteiger partial charge in [0.15, 0.2) is 0 Å². The predicted molar refractivity (Wildman–Crippen MR) is 86.9 cm³/mol. The lowest BCUT2D eigenvalue weighted by atomic mass is 10.1. The van der Waals surface area contributed by atoms with Crippen molar-refractivity contribution < 1.29 is 4.52 Å². The Morgan fingerprint density at radius 1 is 1.22 bits per heavy atom. The van der Waals surface area contributed by atoms with Gasteiger partial charge in [-0.05, 0) is 43.0 Å². The van der Waals surface area contributed by atoms with E-state index in [1.807, 2.05) is 19.1 Å². The molecule has 0 atom stereocenters. The van der Waals surface area contributed by atoms with Gasteiger partial charge >= 0.3 is 0 Å². The third-order valence-electron chi connectivity index (χ3n) is 3.53. The summed E-state index contributed by atoms with van der Waals surface area (Å²) in [6.07, 6.45) is 4.19. The van der Waals surface area contributed by atoms with Crippen LogP contribution in [0.2, 0.25) is 0 Å². The first-order valence-corrected chi connectivity index (χ1v) is 7.52. The first-order chi connectivity index (χ1) is 11.0. The van der Waals surface area contributed by atoms with Crippen LogP contribution < -0.4 is 5.56 Å². The maximum atomic E-state index is 12.2. The van der Waals surface area contributed by atoms with Crippen molar-refractivity contribution >= 4 is 0 Å². The molecule has 6 nitrogen and oxygen atoms in total. The van der Waals surface area contributed by atoms with Gasteiger partial charge in [0, 0.05) is 18.1 Å². The van der Waals surface area contributed by atoms with E-state index < -0.39 is 0 Å². The predicted octanol–water partition coefficient (Wildman–Crippen LogP) is 2.99. The number of aromatic amines is 1. The molecule has 0 amide bonds. The number of H-pyrrole nitrogens is 1. The van der Waals surface area contributed by atoms with Gasteiger partial charge in [-0.15, -0.1) is 0 Å². The van der Waals surface area contributed by atoms with Gasteiger partial charge in [-0.3, -0.25) is 9.78 Å². The summed E-state index contributed by atoms with van der Waals surface area (Å²) in [5, 5.41) is 3.92. The van der Waals surface area contributed by atoms with Crippen molar-refractivity contribution in [1.29, 1.82) is 0 Å². The van der Waals surface area contributed by atoms with Crippen LogP contribution in [0.3, 0.4) is 0 Å². The van der Waals surface area contributed by atoms with Crippen LogP contribution in [0.5, 0.6) is 0 Å². The average Bonchev–Trinajstić information content (AvgIpc) is 2.96. The molecule has 0 aliphatic carbocycles. The molecular weight excluding hydrogens is 292 g/mol. The van der Waals surface area contributed by atoms with Crippen molar-refractivity contribution in [3.8, 4) is 22.8 Å². The molecule has 3 aromatic rings. The number of aromatic nitrogens is 4. The average molecular weight is 310 g/mol. The van der Waals surface area contributed by atoms with Gasteiger partial charge in [-0.2, -0.15) is 4.98 Å². The second-order valence-electron chi connectivity index (χ2n) is 5.94. The second kappa shape index (κ2) is 6.16. The smallest absolute Gasteiger partial charge is 0.260 e. The van der Waals surface area contributed by atoms with Crippen LogP contribution in [0.1, 0.15) is 25.1 Å². The molecule has 0 aliphatic heterocycles. The Balaban J connectivity index is 1.95. The monoisotopic (exact) mass is 310 g/mol. The number of nitrogens with one attached hydrogen (secondary N) is 1. The van der Waals surface area contributed by atoms with Crippen LogP contribution in [0.4, 0.5) is 0 Å². The summed E-state index contributed by atoms with van der Waals surface area (Å²) >= 11 is 0. The molecule has 0 saturated carbocycles. The van der Waals surface area contributed by atoms with Crippen LogP contribution >= 0.6 is 0 Å². The molecule has 0 saturated heterocycles. The van der Waals surface area contributed by atoms with Gasteiger partial charge in [0.05, 0.1) is 11.1 Å². The SMILES string of the molecule is Cc1ccncc1-c1nc(-c2ccc(CC(C)C)[nH]c2=O)no1. The van der Waals surface area contributed by atoms with Crippen LogP contribution in [0.15, 0.2) is 39.9 Å². The molecule has 0 fully saturated rings. The number of pyridine rings is 2. The molecule has 1 N–H and O–H groups in total. The molecule has 6 heteroatoms. The largest absolute Gasteiger partial charge is 0.334 e. The van der Waals surface area contributed by atoms with Crippen LogP contribution in [0.25, 0.3) is 22.8 Å². The van der Waals surface area contributed by atoms with E-state index in [1.54, 1.807) is 18.5 Å². The lowest BCUT2D eigenvalue weighted by Crippen LogP contribution is -2.13. The summed E-state index contributed by atoms with van der Waals surface area (Å²) in [7, 11) is 0. The van der Waals surface area contributed by atoms with Crippen molar-refractivity contribution in [2.45, 2.75) is 27.2 Å². The Morgan fingerprint density at radius 2 is 2.04 bits per heavy atom. The van der Waals surface area contributed by atoms with Gasteiger partial charge < -0.3 is 9.51 Å². The van der Waals surface area contributed by atoms with Crippen molar-refractivity contribution in [3.63, 3.8) is 0 Å². The maximum Gasteiger partial charge on any atom is 0.260 e. The molecule has 0 spiro atoms. The molecule has 0 aromatic carbocycles. The fraction of sp³-hybridized carbons (Fsp3) is 0.294. The maximum absolute atomic E-state index is 12.2. The fourth-order valence-corrected chi connectivity index (χ4v) is 2.38. The minimum absolute atomic E-state index is 0.210.